The SMILES string of the molecule is CN(C(=O)CN1C[C@@H]2CS(=O)(=O)C[C@@H]2C1)c1ccccc1. The Kier molecular flexibility index (Phi) is 3.75. The summed E-state index contributed by atoms with van der Waals surface area (Å²) in [5, 5.41) is 0. The first kappa shape index (κ1) is 14.5. The number of hydrogen-bond donors (Lipinski definition) is 0. The van der Waals surface area contributed by atoms with E-state index in [1.165, 1.54) is 0 Å². The number of amides is 1. The van der Waals surface area contributed by atoms with E-state index in [4.69, 9.17) is 0 Å². The maximum Gasteiger partial charge on any atom is 0.240 e. The van der Waals surface area contributed by atoms with Gasteiger partial charge in [0.25, 0.3) is 0 Å². The summed E-state index contributed by atoms with van der Waals surface area (Å²) in [6, 6.07) is 9.55. The van der Waals surface area contributed by atoms with Crippen LogP contribution in [0, 0.1) is 11.8 Å². The molecule has 114 valence electrons. The highest BCUT2D eigenvalue weighted by molar-refractivity contribution is 7.91. The Hall–Kier alpha value is -1.40. The summed E-state index contributed by atoms with van der Waals surface area (Å²) in [6.45, 7) is 1.80. The van der Waals surface area contributed by atoms with E-state index in [1.54, 1.807) is 11.9 Å². The second-order valence-electron chi connectivity index (χ2n) is 6.08. The van der Waals surface area contributed by atoms with E-state index >= 15 is 0 Å². The average Bonchev–Trinajstić information content (AvgIpc) is 2.91. The molecular weight excluding hydrogens is 288 g/mol. The number of benzene rings is 1. The van der Waals surface area contributed by atoms with Crippen LogP contribution >= 0.6 is 0 Å². The lowest BCUT2D eigenvalue weighted by atomic mass is 10.0. The fourth-order valence-electron chi connectivity index (χ4n) is 3.36. The molecule has 0 radical (unpaired) electrons. The van der Waals surface area contributed by atoms with Crippen LogP contribution in [-0.4, -0.2) is 57.4 Å². The molecule has 0 spiro atoms. The molecule has 5 nitrogen and oxygen atoms in total. The lowest BCUT2D eigenvalue weighted by Crippen LogP contribution is -2.38. The monoisotopic (exact) mass is 308 g/mol. The van der Waals surface area contributed by atoms with Gasteiger partial charge in [0.05, 0.1) is 18.1 Å². The molecule has 2 aliphatic heterocycles. The number of para-hydroxylation sites is 1. The minimum Gasteiger partial charge on any atom is -0.314 e. The summed E-state index contributed by atoms with van der Waals surface area (Å²) in [6.07, 6.45) is 0. The van der Waals surface area contributed by atoms with Gasteiger partial charge < -0.3 is 4.90 Å². The van der Waals surface area contributed by atoms with Gasteiger partial charge in [-0.2, -0.15) is 0 Å². The maximum absolute atomic E-state index is 12.3. The third-order valence-electron chi connectivity index (χ3n) is 4.46. The fourth-order valence-corrected chi connectivity index (χ4v) is 5.55. The summed E-state index contributed by atoms with van der Waals surface area (Å²) in [4.78, 5) is 16.1. The largest absolute Gasteiger partial charge is 0.314 e. The molecule has 2 fully saturated rings. The molecule has 1 aromatic carbocycles. The zero-order valence-electron chi connectivity index (χ0n) is 12.1. The zero-order valence-corrected chi connectivity index (χ0v) is 12.9. The van der Waals surface area contributed by atoms with Gasteiger partial charge in [-0.3, -0.25) is 9.69 Å². The highest BCUT2D eigenvalue weighted by atomic mass is 32.2. The summed E-state index contributed by atoms with van der Waals surface area (Å²) >= 11 is 0. The summed E-state index contributed by atoms with van der Waals surface area (Å²) in [7, 11) is -1.06. The van der Waals surface area contributed by atoms with Gasteiger partial charge in [0.15, 0.2) is 9.84 Å². The molecule has 0 bridgehead atoms. The first-order valence-electron chi connectivity index (χ1n) is 7.19. The molecule has 0 unspecified atom stereocenters. The normalized spacial score (nSPS) is 27.5. The topological polar surface area (TPSA) is 57.7 Å². The van der Waals surface area contributed by atoms with E-state index in [0.717, 1.165) is 18.8 Å². The van der Waals surface area contributed by atoms with Crippen LogP contribution in [0.1, 0.15) is 0 Å². The van der Waals surface area contributed by atoms with Crippen molar-refractivity contribution in [1.82, 2.24) is 4.90 Å². The number of anilines is 1. The third-order valence-corrected chi connectivity index (χ3v) is 6.34. The number of carbonyl (C=O) groups excluding carboxylic acids is 1. The highest BCUT2D eigenvalue weighted by Gasteiger charge is 2.43. The number of carbonyl (C=O) groups is 1. The summed E-state index contributed by atoms with van der Waals surface area (Å²) in [5.74, 6) is 1.05. The van der Waals surface area contributed by atoms with E-state index in [0.29, 0.717) is 6.54 Å². The molecule has 2 aliphatic rings. The standard InChI is InChI=1S/C15H20N2O3S/c1-16(14-5-3-2-4-6-14)15(18)9-17-7-12-10-21(19,20)11-13(12)8-17/h2-6,12-13H,7-11H2,1H3/t12-,13+. The van der Waals surface area contributed by atoms with Crippen LogP contribution in [-0.2, 0) is 14.6 Å². The van der Waals surface area contributed by atoms with Crippen molar-refractivity contribution < 1.29 is 13.2 Å². The highest BCUT2D eigenvalue weighted by Crippen LogP contribution is 2.32. The van der Waals surface area contributed by atoms with Crippen molar-refractivity contribution >= 4 is 21.4 Å². The molecular formula is C15H20N2O3S. The molecule has 2 heterocycles. The van der Waals surface area contributed by atoms with Crippen molar-refractivity contribution in [3.63, 3.8) is 0 Å². The number of sulfone groups is 1. The third kappa shape index (κ3) is 3.11. The van der Waals surface area contributed by atoms with Gasteiger partial charge in [0, 0.05) is 25.8 Å². The van der Waals surface area contributed by atoms with Gasteiger partial charge in [-0.15, -0.1) is 0 Å². The Labute approximate surface area is 125 Å². The van der Waals surface area contributed by atoms with Gasteiger partial charge in [-0.1, -0.05) is 18.2 Å². The first-order valence-corrected chi connectivity index (χ1v) is 9.01. The number of likely N-dealkylation sites (N-methyl/N-ethyl adjacent to an activating group) is 1. The lowest BCUT2D eigenvalue weighted by molar-refractivity contribution is -0.119. The molecule has 1 amide bonds. The summed E-state index contributed by atoms with van der Waals surface area (Å²) in [5.41, 5.74) is 0.879. The molecule has 2 atom stereocenters. The van der Waals surface area contributed by atoms with E-state index in [9.17, 15) is 13.2 Å². The van der Waals surface area contributed by atoms with E-state index in [-0.39, 0.29) is 29.2 Å². The maximum atomic E-state index is 12.3. The minimum atomic E-state index is -2.84. The van der Waals surface area contributed by atoms with Crippen molar-refractivity contribution in [2.45, 2.75) is 0 Å². The van der Waals surface area contributed by atoms with E-state index in [1.807, 2.05) is 30.3 Å². The number of hydrogen-bond acceptors (Lipinski definition) is 4. The molecule has 1 aromatic rings. The first-order chi connectivity index (χ1) is 9.94. The second-order valence-corrected chi connectivity index (χ2v) is 8.23. The van der Waals surface area contributed by atoms with Crippen molar-refractivity contribution in [2.75, 3.05) is 43.1 Å². The van der Waals surface area contributed by atoms with Gasteiger partial charge in [0.1, 0.15) is 0 Å². The van der Waals surface area contributed by atoms with E-state index in [2.05, 4.69) is 4.90 Å². The average molecular weight is 308 g/mol. The van der Waals surface area contributed by atoms with Crippen LogP contribution in [0.2, 0.25) is 0 Å². The Morgan fingerprint density at radius 3 is 2.33 bits per heavy atom. The molecule has 0 aliphatic carbocycles. The van der Waals surface area contributed by atoms with Crippen LogP contribution in [0.25, 0.3) is 0 Å². The van der Waals surface area contributed by atoms with Crippen molar-refractivity contribution in [3.05, 3.63) is 30.3 Å². The van der Waals surface area contributed by atoms with Gasteiger partial charge in [-0.25, -0.2) is 8.42 Å². The van der Waals surface area contributed by atoms with Gasteiger partial charge in [0.2, 0.25) is 5.91 Å². The fraction of sp³-hybridized carbons (Fsp3) is 0.533. The number of fused-ring (bicyclic) bond motifs is 1. The van der Waals surface area contributed by atoms with Crippen LogP contribution in [0.3, 0.4) is 0 Å². The predicted octanol–water partition coefficient (Wildman–Crippen LogP) is 0.626. The molecule has 6 heteroatoms. The predicted molar refractivity (Wildman–Crippen MR) is 81.9 cm³/mol. The van der Waals surface area contributed by atoms with Crippen LogP contribution in [0.4, 0.5) is 5.69 Å². The molecule has 0 aromatic heterocycles. The molecule has 3 rings (SSSR count). The zero-order chi connectivity index (χ0) is 15.0. The van der Waals surface area contributed by atoms with Crippen LogP contribution in [0.15, 0.2) is 30.3 Å². The smallest absolute Gasteiger partial charge is 0.240 e. The second kappa shape index (κ2) is 5.42. The number of rotatable bonds is 3. The Morgan fingerprint density at radius 1 is 1.19 bits per heavy atom. The van der Waals surface area contributed by atoms with Crippen molar-refractivity contribution in [1.29, 1.82) is 0 Å². The Balaban J connectivity index is 1.58. The quantitative estimate of drug-likeness (QED) is 0.822. The summed E-state index contributed by atoms with van der Waals surface area (Å²) < 4.78 is 23.1. The Morgan fingerprint density at radius 2 is 1.76 bits per heavy atom. The number of likely N-dealkylation sites (tertiary alicyclic amines) is 1. The number of nitrogens with zero attached hydrogens (tertiary/aromatic N) is 2. The molecule has 0 saturated carbocycles. The van der Waals surface area contributed by atoms with Crippen LogP contribution in [0.5, 0.6) is 0 Å². The van der Waals surface area contributed by atoms with Gasteiger partial charge in [-0.05, 0) is 24.0 Å². The molecule has 2 saturated heterocycles. The lowest BCUT2D eigenvalue weighted by Gasteiger charge is -2.22. The van der Waals surface area contributed by atoms with Gasteiger partial charge >= 0.3 is 0 Å². The van der Waals surface area contributed by atoms with Crippen molar-refractivity contribution in [2.24, 2.45) is 11.8 Å². The van der Waals surface area contributed by atoms with Crippen LogP contribution < -0.4 is 4.90 Å². The molecule has 0 N–H and O–H groups in total. The molecule has 21 heavy (non-hydrogen) atoms. The van der Waals surface area contributed by atoms with E-state index < -0.39 is 9.84 Å². The Bertz CT molecular complexity index is 610. The van der Waals surface area contributed by atoms with Crippen molar-refractivity contribution in [3.8, 4) is 0 Å². The minimum absolute atomic E-state index is 0.0454.